The first-order valence-electron chi connectivity index (χ1n) is 11.5. The number of hydrogen-bond donors (Lipinski definition) is 1. The van der Waals surface area contributed by atoms with Gasteiger partial charge in [-0.15, -0.1) is 0 Å². The lowest BCUT2D eigenvalue weighted by molar-refractivity contribution is -0.586. The lowest BCUT2D eigenvalue weighted by Gasteiger charge is -2.29. The standard InChI is InChI=1S/C25H32N2O4S/c1-5-18-6-8-19(9-7-18)31-24-11-10-20(32(29,30)16(2)3)15-23(24)22-14-17(4)27(28)25-21(22)12-13-26-25/h10-16,18-19,26H,5-9H2,1-4H3/t18-,19-. The number of aromatic nitrogens is 2. The molecule has 0 spiro atoms. The number of hydrogen-bond acceptors (Lipinski definition) is 4. The molecule has 0 radical (unpaired) electrons. The molecule has 4 rings (SSSR count). The highest BCUT2D eigenvalue weighted by atomic mass is 32.2. The SMILES string of the molecule is CC[C@H]1CC[C@H](Oc2ccc(S(=O)(=O)C(C)C)cc2-c2cc(C)[n+]([O-])c3[nH]ccc23)CC1. The molecule has 1 aliphatic rings. The van der Waals surface area contributed by atoms with Crippen LogP contribution < -0.4 is 9.47 Å². The molecule has 2 heterocycles. The number of H-pyrrole nitrogens is 1. The highest BCUT2D eigenvalue weighted by Gasteiger charge is 2.26. The van der Waals surface area contributed by atoms with E-state index < -0.39 is 15.1 Å². The molecule has 0 saturated heterocycles. The Kier molecular flexibility index (Phi) is 6.21. The van der Waals surface area contributed by atoms with E-state index in [-0.39, 0.29) is 11.0 Å². The average Bonchev–Trinajstić information content (AvgIpc) is 3.27. The molecular formula is C25H32N2O4S. The first kappa shape index (κ1) is 22.6. The molecule has 7 heteroatoms. The molecule has 3 aromatic rings. The highest BCUT2D eigenvalue weighted by molar-refractivity contribution is 7.92. The Hall–Kier alpha value is -2.54. The topological polar surface area (TPSA) is 86.1 Å². The molecule has 1 aromatic carbocycles. The van der Waals surface area contributed by atoms with Gasteiger partial charge in [-0.25, -0.2) is 18.1 Å². The smallest absolute Gasteiger partial charge is 0.290 e. The zero-order valence-electron chi connectivity index (χ0n) is 19.2. The van der Waals surface area contributed by atoms with Crippen LogP contribution in [0.3, 0.4) is 0 Å². The second-order valence-corrected chi connectivity index (χ2v) is 11.7. The molecule has 0 amide bonds. The van der Waals surface area contributed by atoms with Crippen LogP contribution in [0.4, 0.5) is 0 Å². The Bertz CT molecular complexity index is 1220. The molecule has 2 aromatic heterocycles. The molecule has 1 aliphatic carbocycles. The summed E-state index contributed by atoms with van der Waals surface area (Å²) in [7, 11) is -3.46. The van der Waals surface area contributed by atoms with Crippen molar-refractivity contribution < 1.29 is 17.9 Å². The summed E-state index contributed by atoms with van der Waals surface area (Å²) in [6, 6.07) is 8.79. The zero-order chi connectivity index (χ0) is 23.0. The minimum atomic E-state index is -3.46. The fourth-order valence-corrected chi connectivity index (χ4v) is 5.68. The van der Waals surface area contributed by atoms with E-state index in [0.29, 0.717) is 22.7 Å². The molecule has 0 bridgehead atoms. The quantitative estimate of drug-likeness (QED) is 0.402. The van der Waals surface area contributed by atoms with E-state index in [9.17, 15) is 13.6 Å². The van der Waals surface area contributed by atoms with Crippen LogP contribution in [0.5, 0.6) is 5.75 Å². The Morgan fingerprint density at radius 3 is 2.50 bits per heavy atom. The third-order valence-electron chi connectivity index (χ3n) is 6.75. The van der Waals surface area contributed by atoms with Crippen molar-refractivity contribution in [3.63, 3.8) is 0 Å². The molecule has 0 unspecified atom stereocenters. The van der Waals surface area contributed by atoms with E-state index >= 15 is 0 Å². The van der Waals surface area contributed by atoms with Gasteiger partial charge in [0.2, 0.25) is 0 Å². The minimum Gasteiger partial charge on any atom is -0.710 e. The fourth-order valence-electron chi connectivity index (χ4n) is 4.60. The molecule has 1 N–H and O–H groups in total. The van der Waals surface area contributed by atoms with Crippen LogP contribution in [0.15, 0.2) is 41.4 Å². The van der Waals surface area contributed by atoms with Gasteiger partial charge >= 0.3 is 0 Å². The maximum atomic E-state index is 12.9. The predicted octanol–water partition coefficient (Wildman–Crippen LogP) is 5.31. The molecule has 6 nitrogen and oxygen atoms in total. The van der Waals surface area contributed by atoms with Crippen molar-refractivity contribution in [2.24, 2.45) is 5.92 Å². The first-order chi connectivity index (χ1) is 15.2. The number of nitrogens with one attached hydrogen (secondary N) is 1. The summed E-state index contributed by atoms with van der Waals surface area (Å²) < 4.78 is 33.2. The second kappa shape index (κ2) is 8.77. The number of pyridine rings is 1. The van der Waals surface area contributed by atoms with E-state index in [0.717, 1.165) is 47.3 Å². The molecule has 32 heavy (non-hydrogen) atoms. The molecular weight excluding hydrogens is 424 g/mol. The summed E-state index contributed by atoms with van der Waals surface area (Å²) in [4.78, 5) is 3.27. The Morgan fingerprint density at radius 2 is 1.84 bits per heavy atom. The van der Waals surface area contributed by atoms with E-state index in [1.165, 1.54) is 6.42 Å². The van der Waals surface area contributed by atoms with E-state index in [4.69, 9.17) is 4.74 Å². The summed E-state index contributed by atoms with van der Waals surface area (Å²) in [5, 5.41) is 12.7. The molecule has 0 atom stereocenters. The summed E-state index contributed by atoms with van der Waals surface area (Å²) in [6.07, 6.45) is 7.33. The Morgan fingerprint density at radius 1 is 1.12 bits per heavy atom. The van der Waals surface area contributed by atoms with Crippen LogP contribution >= 0.6 is 0 Å². The van der Waals surface area contributed by atoms with Crippen molar-refractivity contribution in [3.05, 3.63) is 47.4 Å². The number of sulfone groups is 1. The van der Waals surface area contributed by atoms with E-state index in [1.807, 2.05) is 12.1 Å². The zero-order valence-corrected chi connectivity index (χ0v) is 20.0. The van der Waals surface area contributed by atoms with Crippen molar-refractivity contribution in [2.45, 2.75) is 76.0 Å². The highest BCUT2D eigenvalue weighted by Crippen LogP contribution is 2.39. The third kappa shape index (κ3) is 4.10. The van der Waals surface area contributed by atoms with Gasteiger partial charge in [0.1, 0.15) is 11.4 Å². The maximum absolute atomic E-state index is 12.9. The van der Waals surface area contributed by atoms with Gasteiger partial charge in [0.15, 0.2) is 9.84 Å². The van der Waals surface area contributed by atoms with Crippen molar-refractivity contribution in [3.8, 4) is 16.9 Å². The largest absolute Gasteiger partial charge is 0.710 e. The van der Waals surface area contributed by atoms with Crippen molar-refractivity contribution in [1.29, 1.82) is 0 Å². The number of nitrogens with zero attached hydrogens (tertiary/aromatic N) is 1. The van der Waals surface area contributed by atoms with Crippen molar-refractivity contribution in [2.75, 3.05) is 0 Å². The second-order valence-electron chi connectivity index (χ2n) is 9.15. The maximum Gasteiger partial charge on any atom is 0.290 e. The summed E-state index contributed by atoms with van der Waals surface area (Å²) in [5.41, 5.74) is 2.48. The number of rotatable bonds is 6. The van der Waals surface area contributed by atoms with E-state index in [2.05, 4.69) is 11.9 Å². The van der Waals surface area contributed by atoms with Crippen molar-refractivity contribution in [1.82, 2.24) is 4.98 Å². The Labute approximate surface area is 190 Å². The van der Waals surface area contributed by atoms with Gasteiger partial charge in [0.25, 0.3) is 5.65 Å². The lowest BCUT2D eigenvalue weighted by atomic mass is 9.86. The number of fused-ring (bicyclic) bond motifs is 1. The average molecular weight is 457 g/mol. The normalized spacial score (nSPS) is 19.5. The molecule has 0 aliphatic heterocycles. The van der Waals surface area contributed by atoms with Gasteiger partial charge in [-0.1, -0.05) is 13.3 Å². The van der Waals surface area contributed by atoms with Crippen LogP contribution in [-0.4, -0.2) is 24.8 Å². The fraction of sp³-hybridized carbons (Fsp3) is 0.480. The number of aromatic amines is 1. The van der Waals surface area contributed by atoms with Crippen LogP contribution in [-0.2, 0) is 9.84 Å². The molecule has 1 fully saturated rings. The molecule has 172 valence electrons. The summed E-state index contributed by atoms with van der Waals surface area (Å²) in [6.45, 7) is 7.35. The summed E-state index contributed by atoms with van der Waals surface area (Å²) >= 11 is 0. The monoisotopic (exact) mass is 456 g/mol. The first-order valence-corrected chi connectivity index (χ1v) is 13.0. The van der Waals surface area contributed by atoms with Gasteiger partial charge in [-0.05, 0) is 82.7 Å². The van der Waals surface area contributed by atoms with Crippen molar-refractivity contribution >= 4 is 20.9 Å². The summed E-state index contributed by atoms with van der Waals surface area (Å²) in [5.74, 6) is 1.43. The van der Waals surface area contributed by atoms with Gasteiger partial charge in [0.05, 0.1) is 27.8 Å². The van der Waals surface area contributed by atoms with Gasteiger partial charge in [-0.2, -0.15) is 0 Å². The van der Waals surface area contributed by atoms with Crippen LogP contribution in [0.1, 0.15) is 58.6 Å². The third-order valence-corrected chi connectivity index (χ3v) is 8.90. The number of ether oxygens (including phenoxy) is 1. The number of benzene rings is 1. The minimum absolute atomic E-state index is 0.111. The number of aryl methyl sites for hydroxylation is 1. The van der Waals surface area contributed by atoms with Crippen LogP contribution in [0.25, 0.3) is 22.2 Å². The van der Waals surface area contributed by atoms with E-state index in [1.54, 1.807) is 45.2 Å². The predicted molar refractivity (Wildman–Crippen MR) is 126 cm³/mol. The van der Waals surface area contributed by atoms with Gasteiger partial charge in [-0.3, -0.25) is 0 Å². The van der Waals surface area contributed by atoms with Gasteiger partial charge in [0, 0.05) is 11.1 Å². The Balaban J connectivity index is 1.83. The van der Waals surface area contributed by atoms with Crippen LogP contribution in [0.2, 0.25) is 0 Å². The van der Waals surface area contributed by atoms with Crippen LogP contribution in [0, 0.1) is 18.0 Å². The lowest BCUT2D eigenvalue weighted by Crippen LogP contribution is -2.31. The molecule has 1 saturated carbocycles. The van der Waals surface area contributed by atoms with Gasteiger partial charge < -0.3 is 9.94 Å².